The summed E-state index contributed by atoms with van der Waals surface area (Å²) < 4.78 is 22.6. The fourth-order valence-corrected chi connectivity index (χ4v) is 2.55. The summed E-state index contributed by atoms with van der Waals surface area (Å²) in [5, 5.41) is 8.48. The lowest BCUT2D eigenvalue weighted by atomic mass is 10.1. The fraction of sp³-hybridized carbons (Fsp3) is 0.200. The van der Waals surface area contributed by atoms with E-state index in [0.29, 0.717) is 6.54 Å². The summed E-state index contributed by atoms with van der Waals surface area (Å²) >= 11 is 0. The lowest BCUT2D eigenvalue weighted by molar-refractivity contribution is 0.573. The van der Waals surface area contributed by atoms with Gasteiger partial charge in [0.1, 0.15) is 0 Å². The number of rotatable bonds is 5. The van der Waals surface area contributed by atoms with E-state index in [0.717, 1.165) is 5.56 Å². The summed E-state index contributed by atoms with van der Waals surface area (Å²) in [6.45, 7) is 2.65. The van der Waals surface area contributed by atoms with Gasteiger partial charge < -0.3 is 5.32 Å². The first kappa shape index (κ1) is 14.7. The zero-order valence-corrected chi connectivity index (χ0v) is 12.1. The van der Waals surface area contributed by atoms with Crippen LogP contribution in [-0.2, 0) is 16.6 Å². The molecule has 1 unspecified atom stereocenters. The van der Waals surface area contributed by atoms with Crippen molar-refractivity contribution in [1.29, 1.82) is 0 Å². The Morgan fingerprint density at radius 1 is 1.10 bits per heavy atom. The molecule has 0 saturated heterocycles. The Balaban J connectivity index is 2.05. The Morgan fingerprint density at radius 2 is 1.80 bits per heavy atom. The van der Waals surface area contributed by atoms with Crippen LogP contribution in [0, 0.1) is 0 Å². The van der Waals surface area contributed by atoms with Crippen molar-refractivity contribution >= 4 is 10.0 Å². The predicted octanol–water partition coefficient (Wildman–Crippen LogP) is 2.18. The van der Waals surface area contributed by atoms with Crippen molar-refractivity contribution in [3.63, 3.8) is 0 Å². The van der Waals surface area contributed by atoms with E-state index in [-0.39, 0.29) is 10.9 Å². The van der Waals surface area contributed by atoms with Gasteiger partial charge in [0.05, 0.1) is 4.90 Å². The minimum Gasteiger partial charge on any atom is -0.306 e. The average molecular weight is 290 g/mol. The molecule has 2 rings (SSSR count). The molecule has 0 heterocycles. The third-order valence-electron chi connectivity index (χ3n) is 3.14. The molecule has 20 heavy (non-hydrogen) atoms. The maximum Gasteiger partial charge on any atom is 0.238 e. The smallest absolute Gasteiger partial charge is 0.238 e. The SMILES string of the molecule is CC(NCc1cccc(S(N)(=O)=O)c1)c1ccccc1. The molecule has 0 bridgehead atoms. The Bertz CT molecular complexity index is 669. The first-order chi connectivity index (χ1) is 9.47. The van der Waals surface area contributed by atoms with Gasteiger partial charge in [-0.05, 0) is 30.2 Å². The molecular formula is C15H18N2O2S. The van der Waals surface area contributed by atoms with Gasteiger partial charge in [-0.2, -0.15) is 0 Å². The van der Waals surface area contributed by atoms with Gasteiger partial charge in [-0.25, -0.2) is 13.6 Å². The third-order valence-corrected chi connectivity index (χ3v) is 4.05. The average Bonchev–Trinajstić information content (AvgIpc) is 2.45. The highest BCUT2D eigenvalue weighted by Crippen LogP contribution is 2.14. The predicted molar refractivity (Wildman–Crippen MR) is 79.5 cm³/mol. The Morgan fingerprint density at radius 3 is 2.45 bits per heavy atom. The van der Waals surface area contributed by atoms with Gasteiger partial charge in [0.25, 0.3) is 0 Å². The van der Waals surface area contributed by atoms with Crippen molar-refractivity contribution in [2.75, 3.05) is 0 Å². The van der Waals surface area contributed by atoms with Crippen molar-refractivity contribution in [2.45, 2.75) is 24.4 Å². The molecular weight excluding hydrogens is 272 g/mol. The molecule has 0 aliphatic carbocycles. The van der Waals surface area contributed by atoms with Gasteiger partial charge >= 0.3 is 0 Å². The Hall–Kier alpha value is -1.69. The highest BCUT2D eigenvalue weighted by Gasteiger charge is 2.09. The minimum atomic E-state index is -3.64. The third kappa shape index (κ3) is 3.90. The molecule has 0 aliphatic heterocycles. The molecule has 0 spiro atoms. The number of sulfonamides is 1. The molecule has 3 N–H and O–H groups in total. The molecule has 2 aromatic rings. The van der Waals surface area contributed by atoms with Gasteiger partial charge in [-0.15, -0.1) is 0 Å². The minimum absolute atomic E-state index is 0.143. The second kappa shape index (κ2) is 6.17. The second-order valence-electron chi connectivity index (χ2n) is 4.71. The lowest BCUT2D eigenvalue weighted by Crippen LogP contribution is -2.18. The number of nitrogens with two attached hydrogens (primary N) is 1. The van der Waals surface area contributed by atoms with E-state index >= 15 is 0 Å². The largest absolute Gasteiger partial charge is 0.306 e. The zero-order chi connectivity index (χ0) is 14.6. The summed E-state index contributed by atoms with van der Waals surface area (Å²) in [4.78, 5) is 0.143. The van der Waals surface area contributed by atoms with Crippen molar-refractivity contribution in [1.82, 2.24) is 5.32 Å². The van der Waals surface area contributed by atoms with Gasteiger partial charge in [-0.3, -0.25) is 0 Å². The maximum atomic E-state index is 11.3. The fourth-order valence-electron chi connectivity index (χ4n) is 1.96. The zero-order valence-electron chi connectivity index (χ0n) is 11.3. The van der Waals surface area contributed by atoms with Crippen LogP contribution in [0.5, 0.6) is 0 Å². The van der Waals surface area contributed by atoms with E-state index in [4.69, 9.17) is 5.14 Å². The van der Waals surface area contributed by atoms with Gasteiger partial charge in [0, 0.05) is 12.6 Å². The summed E-state index contributed by atoms with van der Waals surface area (Å²) in [6, 6.07) is 16.9. The summed E-state index contributed by atoms with van der Waals surface area (Å²) in [5.74, 6) is 0. The topological polar surface area (TPSA) is 72.2 Å². The quantitative estimate of drug-likeness (QED) is 0.886. The molecule has 0 fully saturated rings. The molecule has 4 nitrogen and oxygen atoms in total. The Labute approximate surface area is 119 Å². The van der Waals surface area contributed by atoms with Crippen LogP contribution in [0.15, 0.2) is 59.5 Å². The molecule has 0 aliphatic rings. The van der Waals surface area contributed by atoms with Crippen LogP contribution < -0.4 is 10.5 Å². The van der Waals surface area contributed by atoms with Gasteiger partial charge in [0.15, 0.2) is 0 Å². The number of primary sulfonamides is 1. The van der Waals surface area contributed by atoms with Crippen molar-refractivity contribution < 1.29 is 8.42 Å². The van der Waals surface area contributed by atoms with Crippen LogP contribution >= 0.6 is 0 Å². The standard InChI is InChI=1S/C15H18N2O2S/c1-12(14-7-3-2-4-8-14)17-11-13-6-5-9-15(10-13)20(16,18)19/h2-10,12,17H,11H2,1H3,(H2,16,18,19). The van der Waals surface area contributed by atoms with Gasteiger partial charge in [-0.1, -0.05) is 42.5 Å². The van der Waals surface area contributed by atoms with E-state index in [1.54, 1.807) is 12.1 Å². The Kier molecular flexibility index (Phi) is 4.54. The van der Waals surface area contributed by atoms with Crippen LogP contribution in [-0.4, -0.2) is 8.42 Å². The van der Waals surface area contributed by atoms with E-state index in [9.17, 15) is 8.42 Å². The maximum absolute atomic E-state index is 11.3. The van der Waals surface area contributed by atoms with Crippen molar-refractivity contribution in [2.24, 2.45) is 5.14 Å². The van der Waals surface area contributed by atoms with Crippen molar-refractivity contribution in [3.8, 4) is 0 Å². The molecule has 0 saturated carbocycles. The monoisotopic (exact) mass is 290 g/mol. The second-order valence-corrected chi connectivity index (χ2v) is 6.27. The van der Waals surface area contributed by atoms with Crippen LogP contribution in [0.3, 0.4) is 0 Å². The summed E-state index contributed by atoms with van der Waals surface area (Å²) in [5.41, 5.74) is 2.08. The van der Waals surface area contributed by atoms with E-state index in [2.05, 4.69) is 24.4 Å². The highest BCUT2D eigenvalue weighted by molar-refractivity contribution is 7.89. The molecule has 0 amide bonds. The van der Waals surface area contributed by atoms with Crippen LogP contribution in [0.4, 0.5) is 0 Å². The molecule has 0 aromatic heterocycles. The van der Waals surface area contributed by atoms with Crippen molar-refractivity contribution in [3.05, 3.63) is 65.7 Å². The molecule has 1 atom stereocenters. The number of hydrogen-bond acceptors (Lipinski definition) is 3. The van der Waals surface area contributed by atoms with Crippen LogP contribution in [0.1, 0.15) is 24.1 Å². The van der Waals surface area contributed by atoms with Crippen LogP contribution in [0.2, 0.25) is 0 Å². The molecule has 0 radical (unpaired) electrons. The first-order valence-corrected chi connectivity index (χ1v) is 7.91. The summed E-state index contributed by atoms with van der Waals surface area (Å²) in [7, 11) is -3.64. The van der Waals surface area contributed by atoms with Crippen LogP contribution in [0.25, 0.3) is 0 Å². The molecule has 2 aromatic carbocycles. The normalized spacial score (nSPS) is 13.1. The number of hydrogen-bond donors (Lipinski definition) is 2. The number of nitrogens with one attached hydrogen (secondary N) is 1. The van der Waals surface area contributed by atoms with E-state index in [1.165, 1.54) is 11.6 Å². The van der Waals surface area contributed by atoms with E-state index < -0.39 is 10.0 Å². The first-order valence-electron chi connectivity index (χ1n) is 6.37. The van der Waals surface area contributed by atoms with E-state index in [1.807, 2.05) is 24.3 Å². The molecule has 5 heteroatoms. The molecule has 106 valence electrons. The number of benzene rings is 2. The van der Waals surface area contributed by atoms with Gasteiger partial charge in [0.2, 0.25) is 10.0 Å². The summed E-state index contributed by atoms with van der Waals surface area (Å²) in [6.07, 6.45) is 0. The lowest BCUT2D eigenvalue weighted by Gasteiger charge is -2.14. The highest BCUT2D eigenvalue weighted by atomic mass is 32.2.